The third kappa shape index (κ3) is 3.95. The number of hydrogen-bond donors (Lipinski definition) is 0. The molecule has 0 fully saturated rings. The van der Waals surface area contributed by atoms with Crippen LogP contribution in [-0.2, 0) is 0 Å². The molecule has 0 saturated carbocycles. The zero-order valence-corrected chi connectivity index (χ0v) is 17.7. The standard InChI is InChI=1S/C25H18F3N3O2/c1-15-23(29-21-9-4-3-8-20(21)24(15)32-2)17-10-11-18-13-22(30-31(18)14-17)16-6-5-7-19(12-16)33-25(26,27)28/h3-14H,1-2H3. The molecule has 8 heteroatoms. The number of benzene rings is 2. The summed E-state index contributed by atoms with van der Waals surface area (Å²) in [5.41, 5.74) is 5.17. The molecular formula is C25H18F3N3O2. The van der Waals surface area contributed by atoms with E-state index in [-0.39, 0.29) is 5.75 Å². The summed E-state index contributed by atoms with van der Waals surface area (Å²) in [6, 6.07) is 19.2. The zero-order valence-electron chi connectivity index (χ0n) is 17.7. The fourth-order valence-electron chi connectivity index (χ4n) is 3.94. The molecule has 0 radical (unpaired) electrons. The highest BCUT2D eigenvalue weighted by Gasteiger charge is 2.31. The molecule has 0 spiro atoms. The number of rotatable bonds is 4. The average Bonchev–Trinajstić information content (AvgIpc) is 3.21. The molecule has 0 atom stereocenters. The Morgan fingerprint density at radius 3 is 2.52 bits per heavy atom. The molecule has 33 heavy (non-hydrogen) atoms. The largest absolute Gasteiger partial charge is 0.573 e. The third-order valence-corrected chi connectivity index (χ3v) is 5.38. The number of ether oxygens (including phenoxy) is 2. The maximum atomic E-state index is 12.6. The third-order valence-electron chi connectivity index (χ3n) is 5.38. The SMILES string of the molecule is COc1c(C)c(-c2ccc3cc(-c4cccc(OC(F)(F)F)c4)nn3c2)nc2ccccc12. The van der Waals surface area contributed by atoms with Crippen LogP contribution in [0.2, 0.25) is 0 Å². The van der Waals surface area contributed by atoms with Crippen LogP contribution in [0.1, 0.15) is 5.56 Å². The number of alkyl halides is 3. The second-order valence-corrected chi connectivity index (χ2v) is 7.53. The first-order valence-electron chi connectivity index (χ1n) is 10.1. The first kappa shape index (κ1) is 20.8. The Labute approximate surface area is 187 Å². The van der Waals surface area contributed by atoms with Crippen molar-refractivity contribution in [3.05, 3.63) is 78.5 Å². The maximum Gasteiger partial charge on any atom is 0.573 e. The van der Waals surface area contributed by atoms with Crippen molar-refractivity contribution in [2.45, 2.75) is 13.3 Å². The van der Waals surface area contributed by atoms with Crippen molar-refractivity contribution in [3.63, 3.8) is 0 Å². The molecule has 0 amide bonds. The van der Waals surface area contributed by atoms with Crippen molar-refractivity contribution in [3.8, 4) is 34.0 Å². The number of para-hydroxylation sites is 1. The second-order valence-electron chi connectivity index (χ2n) is 7.53. The molecule has 2 aromatic carbocycles. The summed E-state index contributed by atoms with van der Waals surface area (Å²) in [5.74, 6) is 0.471. The Hall–Kier alpha value is -4.07. The van der Waals surface area contributed by atoms with Crippen LogP contribution in [0.4, 0.5) is 13.2 Å². The van der Waals surface area contributed by atoms with Gasteiger partial charge in [-0.05, 0) is 49.4 Å². The van der Waals surface area contributed by atoms with Gasteiger partial charge in [0.25, 0.3) is 0 Å². The topological polar surface area (TPSA) is 48.7 Å². The highest BCUT2D eigenvalue weighted by molar-refractivity contribution is 5.90. The fraction of sp³-hybridized carbons (Fsp3) is 0.120. The second kappa shape index (κ2) is 7.81. The predicted octanol–water partition coefficient (Wildman–Crippen LogP) is 6.43. The molecule has 3 aromatic heterocycles. The van der Waals surface area contributed by atoms with Gasteiger partial charge in [-0.1, -0.05) is 24.3 Å². The molecule has 5 aromatic rings. The summed E-state index contributed by atoms with van der Waals surface area (Å²) in [5, 5.41) is 5.50. The van der Waals surface area contributed by atoms with E-state index in [2.05, 4.69) is 9.84 Å². The normalized spacial score (nSPS) is 11.8. The number of hydrogen-bond acceptors (Lipinski definition) is 4. The van der Waals surface area contributed by atoms with Crippen LogP contribution in [0.25, 0.3) is 38.9 Å². The summed E-state index contributed by atoms with van der Waals surface area (Å²) in [4.78, 5) is 4.83. The molecule has 5 nitrogen and oxygen atoms in total. The van der Waals surface area contributed by atoms with E-state index in [1.165, 1.54) is 18.2 Å². The van der Waals surface area contributed by atoms with Gasteiger partial charge in [-0.25, -0.2) is 9.50 Å². The van der Waals surface area contributed by atoms with Crippen LogP contribution < -0.4 is 9.47 Å². The quantitative estimate of drug-likeness (QED) is 0.317. The van der Waals surface area contributed by atoms with Crippen molar-refractivity contribution < 1.29 is 22.6 Å². The van der Waals surface area contributed by atoms with Crippen molar-refractivity contribution in [1.29, 1.82) is 0 Å². The number of pyridine rings is 2. The minimum absolute atomic E-state index is 0.291. The van der Waals surface area contributed by atoms with E-state index in [0.717, 1.165) is 39.0 Å². The molecule has 5 rings (SSSR count). The lowest BCUT2D eigenvalue weighted by Gasteiger charge is -2.13. The van der Waals surface area contributed by atoms with E-state index >= 15 is 0 Å². The summed E-state index contributed by atoms with van der Waals surface area (Å²) in [6.45, 7) is 1.96. The number of nitrogens with zero attached hydrogens (tertiary/aromatic N) is 3. The Kier molecular flexibility index (Phi) is 4.92. The van der Waals surface area contributed by atoms with E-state index in [9.17, 15) is 13.2 Å². The molecule has 0 aliphatic rings. The van der Waals surface area contributed by atoms with Gasteiger partial charge in [0.15, 0.2) is 0 Å². The summed E-state index contributed by atoms with van der Waals surface area (Å²) >= 11 is 0. The predicted molar refractivity (Wildman–Crippen MR) is 119 cm³/mol. The highest BCUT2D eigenvalue weighted by atomic mass is 19.4. The van der Waals surface area contributed by atoms with Crippen molar-refractivity contribution in [2.75, 3.05) is 7.11 Å². The van der Waals surface area contributed by atoms with Crippen LogP contribution in [0.3, 0.4) is 0 Å². The number of halogens is 3. The maximum absolute atomic E-state index is 12.6. The average molecular weight is 449 g/mol. The van der Waals surface area contributed by atoms with Gasteiger partial charge in [0.05, 0.1) is 29.5 Å². The van der Waals surface area contributed by atoms with Gasteiger partial charge in [-0.2, -0.15) is 5.10 Å². The molecule has 0 aliphatic carbocycles. The van der Waals surface area contributed by atoms with Crippen LogP contribution >= 0.6 is 0 Å². The van der Waals surface area contributed by atoms with Gasteiger partial charge in [-0.3, -0.25) is 0 Å². The van der Waals surface area contributed by atoms with Gasteiger partial charge in [0.1, 0.15) is 11.5 Å². The van der Waals surface area contributed by atoms with Crippen molar-refractivity contribution in [2.24, 2.45) is 0 Å². The smallest absolute Gasteiger partial charge is 0.496 e. The van der Waals surface area contributed by atoms with Gasteiger partial charge in [0, 0.05) is 28.3 Å². The van der Waals surface area contributed by atoms with Crippen LogP contribution in [-0.4, -0.2) is 28.1 Å². The van der Waals surface area contributed by atoms with E-state index < -0.39 is 6.36 Å². The lowest BCUT2D eigenvalue weighted by Crippen LogP contribution is -2.17. The molecule has 0 aliphatic heterocycles. The Morgan fingerprint density at radius 1 is 0.909 bits per heavy atom. The van der Waals surface area contributed by atoms with Gasteiger partial charge < -0.3 is 9.47 Å². The van der Waals surface area contributed by atoms with E-state index in [1.54, 1.807) is 23.8 Å². The Morgan fingerprint density at radius 2 is 1.73 bits per heavy atom. The number of fused-ring (bicyclic) bond motifs is 2. The minimum atomic E-state index is -4.75. The Bertz CT molecular complexity index is 1490. The lowest BCUT2D eigenvalue weighted by molar-refractivity contribution is -0.274. The van der Waals surface area contributed by atoms with Crippen LogP contribution in [0.15, 0.2) is 72.9 Å². The summed E-state index contributed by atoms with van der Waals surface area (Å²) in [7, 11) is 1.64. The van der Waals surface area contributed by atoms with E-state index in [4.69, 9.17) is 9.72 Å². The summed E-state index contributed by atoms with van der Waals surface area (Å²) in [6.07, 6.45) is -2.91. The van der Waals surface area contributed by atoms with Gasteiger partial charge in [-0.15, -0.1) is 13.2 Å². The first-order valence-corrected chi connectivity index (χ1v) is 10.1. The van der Waals surface area contributed by atoms with Crippen LogP contribution in [0, 0.1) is 6.92 Å². The molecule has 0 bridgehead atoms. The lowest BCUT2D eigenvalue weighted by atomic mass is 10.0. The molecule has 3 heterocycles. The minimum Gasteiger partial charge on any atom is -0.496 e. The summed E-state index contributed by atoms with van der Waals surface area (Å²) < 4.78 is 49.1. The molecule has 0 N–H and O–H groups in total. The van der Waals surface area contributed by atoms with Gasteiger partial charge in [0.2, 0.25) is 0 Å². The van der Waals surface area contributed by atoms with E-state index in [1.807, 2.05) is 49.5 Å². The highest BCUT2D eigenvalue weighted by Crippen LogP contribution is 2.35. The van der Waals surface area contributed by atoms with Crippen LogP contribution in [0.5, 0.6) is 11.5 Å². The number of methoxy groups -OCH3 is 1. The monoisotopic (exact) mass is 449 g/mol. The molecule has 166 valence electrons. The zero-order chi connectivity index (χ0) is 23.2. The molecule has 0 unspecified atom stereocenters. The Balaban J connectivity index is 1.58. The number of aromatic nitrogens is 3. The van der Waals surface area contributed by atoms with Crippen molar-refractivity contribution >= 4 is 16.4 Å². The molecular weight excluding hydrogens is 431 g/mol. The fourth-order valence-corrected chi connectivity index (χ4v) is 3.94. The van der Waals surface area contributed by atoms with Gasteiger partial charge >= 0.3 is 6.36 Å². The van der Waals surface area contributed by atoms with E-state index in [0.29, 0.717) is 11.3 Å². The van der Waals surface area contributed by atoms with Crippen molar-refractivity contribution in [1.82, 2.24) is 14.6 Å². The molecule has 0 saturated heterocycles. The first-order chi connectivity index (χ1) is 15.8.